The summed E-state index contributed by atoms with van der Waals surface area (Å²) in [5.74, 6) is 2.11. The quantitative estimate of drug-likeness (QED) is 0.648. The van der Waals surface area contributed by atoms with Crippen LogP contribution in [0.3, 0.4) is 0 Å². The zero-order valence-corrected chi connectivity index (χ0v) is 15.5. The largest absolute Gasteiger partial charge is 0.377 e. The molecule has 2 heterocycles. The molecular weight excluding hydrogens is 320 g/mol. The second-order valence-electron chi connectivity index (χ2n) is 6.59. The molecule has 0 spiro atoms. The Bertz CT molecular complexity index is 514. The number of hydrogen-bond acceptors (Lipinski definition) is 7. The highest BCUT2D eigenvalue weighted by Crippen LogP contribution is 2.22. The number of carbonyl (C=O) groups excluding carboxylic acids is 1. The fraction of sp³-hybridized carbons (Fsp3) is 0.722. The van der Waals surface area contributed by atoms with E-state index in [0.29, 0.717) is 32.1 Å². The van der Waals surface area contributed by atoms with Crippen LogP contribution in [0.5, 0.6) is 0 Å². The molecular formula is C18H30N4O3. The molecule has 7 nitrogen and oxygen atoms in total. The van der Waals surface area contributed by atoms with Gasteiger partial charge in [0, 0.05) is 25.6 Å². The summed E-state index contributed by atoms with van der Waals surface area (Å²) in [6, 6.07) is 0. The number of carbonyl (C=O) groups is 1. The van der Waals surface area contributed by atoms with Gasteiger partial charge in [0.2, 0.25) is 0 Å². The lowest BCUT2D eigenvalue weighted by molar-refractivity contribution is -0.121. The maximum atomic E-state index is 11.4. The van der Waals surface area contributed by atoms with Crippen molar-refractivity contribution in [1.29, 1.82) is 0 Å². The summed E-state index contributed by atoms with van der Waals surface area (Å²) >= 11 is 0. The molecule has 1 aliphatic rings. The molecule has 0 amide bonds. The lowest BCUT2D eigenvalue weighted by atomic mass is 9.93. The van der Waals surface area contributed by atoms with Crippen molar-refractivity contribution in [1.82, 2.24) is 9.97 Å². The first-order chi connectivity index (χ1) is 12.1. The Balaban J connectivity index is 1.64. The highest BCUT2D eigenvalue weighted by atomic mass is 16.5. The smallest absolute Gasteiger partial charge is 0.147 e. The minimum absolute atomic E-state index is 0.205. The molecule has 0 saturated carbocycles. The number of Topliss-reactive ketones (excluding diaryl/α,β-unsaturated/α-hetero) is 1. The van der Waals surface area contributed by atoms with Gasteiger partial charge >= 0.3 is 0 Å². The Morgan fingerprint density at radius 1 is 1.24 bits per heavy atom. The molecule has 25 heavy (non-hydrogen) atoms. The van der Waals surface area contributed by atoms with Crippen LogP contribution in [0.25, 0.3) is 0 Å². The molecule has 0 atom stereocenters. The monoisotopic (exact) mass is 350 g/mol. The van der Waals surface area contributed by atoms with Gasteiger partial charge in [0.15, 0.2) is 0 Å². The van der Waals surface area contributed by atoms with E-state index in [-0.39, 0.29) is 12.0 Å². The van der Waals surface area contributed by atoms with Crippen LogP contribution in [0.4, 0.5) is 11.6 Å². The van der Waals surface area contributed by atoms with Crippen LogP contribution in [0.2, 0.25) is 0 Å². The molecule has 0 aliphatic carbocycles. The van der Waals surface area contributed by atoms with Crippen LogP contribution in [0.15, 0.2) is 12.4 Å². The third-order valence-electron chi connectivity index (χ3n) is 4.26. The van der Waals surface area contributed by atoms with Crippen LogP contribution in [-0.4, -0.2) is 61.3 Å². The van der Waals surface area contributed by atoms with E-state index < -0.39 is 0 Å². The van der Waals surface area contributed by atoms with E-state index in [1.54, 1.807) is 19.3 Å². The Morgan fingerprint density at radius 3 is 2.60 bits per heavy atom. The van der Waals surface area contributed by atoms with Crippen molar-refractivity contribution in [2.45, 2.75) is 39.7 Å². The molecule has 0 radical (unpaired) electrons. The van der Waals surface area contributed by atoms with Gasteiger partial charge in [0.1, 0.15) is 17.4 Å². The SMILES string of the molecule is CC(=O)C1CCN(c2cnc(NCCOCCOC(C)C)cn2)CC1. The topological polar surface area (TPSA) is 76.6 Å². The van der Waals surface area contributed by atoms with Crippen molar-refractivity contribution in [3.63, 3.8) is 0 Å². The van der Waals surface area contributed by atoms with Crippen LogP contribution < -0.4 is 10.2 Å². The number of nitrogens with one attached hydrogen (secondary N) is 1. The summed E-state index contributed by atoms with van der Waals surface area (Å²) in [4.78, 5) is 22.5. The first-order valence-corrected chi connectivity index (χ1v) is 9.07. The van der Waals surface area contributed by atoms with E-state index in [9.17, 15) is 4.79 Å². The summed E-state index contributed by atoms with van der Waals surface area (Å²) in [6.07, 6.45) is 5.56. The van der Waals surface area contributed by atoms with Gasteiger partial charge in [0.05, 0.1) is 38.3 Å². The Hall–Kier alpha value is -1.73. The first kappa shape index (κ1) is 19.6. The molecule has 0 bridgehead atoms. The van der Waals surface area contributed by atoms with Gasteiger partial charge in [-0.1, -0.05) is 0 Å². The average Bonchev–Trinajstić information content (AvgIpc) is 2.61. The summed E-state index contributed by atoms with van der Waals surface area (Å²) in [6.45, 7) is 9.92. The van der Waals surface area contributed by atoms with E-state index in [4.69, 9.17) is 9.47 Å². The van der Waals surface area contributed by atoms with Gasteiger partial charge in [-0.3, -0.25) is 4.79 Å². The second-order valence-corrected chi connectivity index (χ2v) is 6.59. The van der Waals surface area contributed by atoms with Crippen molar-refractivity contribution >= 4 is 17.4 Å². The lowest BCUT2D eigenvalue weighted by Gasteiger charge is -2.31. The minimum atomic E-state index is 0.205. The number of aromatic nitrogens is 2. The minimum Gasteiger partial charge on any atom is -0.377 e. The molecule has 1 aliphatic heterocycles. The Labute approximate surface area is 150 Å². The van der Waals surface area contributed by atoms with Crippen molar-refractivity contribution < 1.29 is 14.3 Å². The first-order valence-electron chi connectivity index (χ1n) is 9.07. The molecule has 0 aromatic carbocycles. The van der Waals surface area contributed by atoms with Crippen molar-refractivity contribution in [3.05, 3.63) is 12.4 Å². The second kappa shape index (κ2) is 10.3. The molecule has 140 valence electrons. The predicted octanol–water partition coefficient (Wildman–Crippen LogP) is 2.14. The van der Waals surface area contributed by atoms with Gasteiger partial charge in [-0.2, -0.15) is 0 Å². The van der Waals surface area contributed by atoms with Gasteiger partial charge in [-0.05, 0) is 33.6 Å². The average molecular weight is 350 g/mol. The molecule has 2 rings (SSSR count). The van der Waals surface area contributed by atoms with E-state index >= 15 is 0 Å². The number of ketones is 1. The van der Waals surface area contributed by atoms with Crippen LogP contribution >= 0.6 is 0 Å². The summed E-state index contributed by atoms with van der Waals surface area (Å²) in [5, 5.41) is 3.19. The van der Waals surface area contributed by atoms with Crippen molar-refractivity contribution in [3.8, 4) is 0 Å². The molecule has 7 heteroatoms. The van der Waals surface area contributed by atoms with E-state index in [2.05, 4.69) is 20.2 Å². The third-order valence-corrected chi connectivity index (χ3v) is 4.26. The van der Waals surface area contributed by atoms with Crippen LogP contribution in [0, 0.1) is 5.92 Å². The van der Waals surface area contributed by atoms with Gasteiger partial charge in [-0.25, -0.2) is 9.97 Å². The van der Waals surface area contributed by atoms with Gasteiger partial charge in [0.25, 0.3) is 0 Å². The van der Waals surface area contributed by atoms with Gasteiger partial charge < -0.3 is 19.7 Å². The molecule has 1 saturated heterocycles. The van der Waals surface area contributed by atoms with Crippen LogP contribution in [0.1, 0.15) is 33.6 Å². The lowest BCUT2D eigenvalue weighted by Crippen LogP contribution is -2.36. The fourth-order valence-corrected chi connectivity index (χ4v) is 2.79. The maximum Gasteiger partial charge on any atom is 0.147 e. The standard InChI is InChI=1S/C18H30N4O3/c1-14(2)25-11-10-24-9-6-19-17-12-21-18(13-20-17)22-7-4-16(5-8-22)15(3)23/h12-14,16H,4-11H2,1-3H3,(H,19,20). The molecule has 1 fully saturated rings. The van der Waals surface area contributed by atoms with Crippen LogP contribution in [-0.2, 0) is 14.3 Å². The highest BCUT2D eigenvalue weighted by Gasteiger charge is 2.23. The summed E-state index contributed by atoms with van der Waals surface area (Å²) < 4.78 is 10.9. The van der Waals surface area contributed by atoms with E-state index in [1.807, 2.05) is 13.8 Å². The number of nitrogens with zero attached hydrogens (tertiary/aromatic N) is 3. The van der Waals surface area contributed by atoms with Gasteiger partial charge in [-0.15, -0.1) is 0 Å². The van der Waals surface area contributed by atoms with E-state index in [0.717, 1.165) is 37.6 Å². The summed E-state index contributed by atoms with van der Waals surface area (Å²) in [7, 11) is 0. The molecule has 1 aromatic heterocycles. The molecule has 1 N–H and O–H groups in total. The zero-order valence-electron chi connectivity index (χ0n) is 15.5. The predicted molar refractivity (Wildman–Crippen MR) is 98.0 cm³/mol. The number of hydrogen-bond donors (Lipinski definition) is 1. The third kappa shape index (κ3) is 6.96. The molecule has 0 unspecified atom stereocenters. The number of piperidine rings is 1. The number of anilines is 2. The van der Waals surface area contributed by atoms with Crippen molar-refractivity contribution in [2.75, 3.05) is 49.7 Å². The van der Waals surface area contributed by atoms with Crippen molar-refractivity contribution in [2.24, 2.45) is 5.92 Å². The molecule has 1 aromatic rings. The fourth-order valence-electron chi connectivity index (χ4n) is 2.79. The summed E-state index contributed by atoms with van der Waals surface area (Å²) in [5.41, 5.74) is 0. The maximum absolute atomic E-state index is 11.4. The number of rotatable bonds is 10. The van der Waals surface area contributed by atoms with E-state index in [1.165, 1.54) is 0 Å². The Morgan fingerprint density at radius 2 is 2.00 bits per heavy atom. The Kier molecular flexibility index (Phi) is 8.08. The number of ether oxygens (including phenoxy) is 2. The normalized spacial score (nSPS) is 15.6. The highest BCUT2D eigenvalue weighted by molar-refractivity contribution is 5.78. The zero-order chi connectivity index (χ0) is 18.1.